The van der Waals surface area contributed by atoms with E-state index in [1.54, 1.807) is 0 Å². The topological polar surface area (TPSA) is 54.9 Å². The fourth-order valence-corrected chi connectivity index (χ4v) is 3.63. The molecule has 4 rings (SSSR count). The van der Waals surface area contributed by atoms with E-state index in [9.17, 15) is 4.79 Å². The number of amides is 1. The van der Waals surface area contributed by atoms with Crippen LogP contribution in [0.5, 0.6) is 0 Å². The number of hydrogen-bond acceptors (Lipinski definition) is 4. The van der Waals surface area contributed by atoms with Crippen molar-refractivity contribution < 1.29 is 4.79 Å². The zero-order valence-electron chi connectivity index (χ0n) is 12.4. The Morgan fingerprint density at radius 2 is 1.65 bits per heavy atom. The van der Waals surface area contributed by atoms with Crippen LogP contribution in [-0.2, 0) is 12.8 Å². The molecule has 114 valence electrons. The maximum absolute atomic E-state index is 12.6. The predicted octanol–water partition coefficient (Wildman–Crippen LogP) is 3.10. The number of carbonyl (C=O) groups excluding carboxylic acids is 1. The third-order valence-electron chi connectivity index (χ3n) is 4.13. The molecule has 3 aromatic rings. The van der Waals surface area contributed by atoms with E-state index in [4.69, 9.17) is 0 Å². The summed E-state index contributed by atoms with van der Waals surface area (Å²) in [6, 6.07) is 18.2. The van der Waals surface area contributed by atoms with Crippen LogP contribution in [0.4, 0.5) is 0 Å². The lowest BCUT2D eigenvalue weighted by molar-refractivity contribution is 0.0943. The second-order valence-corrected chi connectivity index (χ2v) is 6.42. The van der Waals surface area contributed by atoms with Crippen molar-refractivity contribution in [3.63, 3.8) is 0 Å². The molecule has 1 aliphatic rings. The number of nitrogens with zero attached hydrogens (tertiary/aromatic N) is 2. The molecule has 23 heavy (non-hydrogen) atoms. The van der Waals surface area contributed by atoms with Gasteiger partial charge in [-0.1, -0.05) is 59.1 Å². The second kappa shape index (κ2) is 5.93. The highest BCUT2D eigenvalue weighted by Gasteiger charge is 2.25. The van der Waals surface area contributed by atoms with Crippen molar-refractivity contribution in [1.82, 2.24) is 14.9 Å². The normalized spacial score (nSPS) is 13.7. The molecule has 1 heterocycles. The molecule has 1 N–H and O–H groups in total. The van der Waals surface area contributed by atoms with Gasteiger partial charge in [-0.2, -0.15) is 0 Å². The zero-order valence-corrected chi connectivity index (χ0v) is 13.2. The Kier molecular flexibility index (Phi) is 3.63. The van der Waals surface area contributed by atoms with Crippen LogP contribution in [0.15, 0.2) is 54.6 Å². The fraction of sp³-hybridized carbons (Fsp3) is 0.167. The molecule has 0 spiro atoms. The lowest BCUT2D eigenvalue weighted by Crippen LogP contribution is -2.35. The number of fused-ring (bicyclic) bond motifs is 1. The molecule has 0 saturated heterocycles. The Balaban J connectivity index is 1.52. The van der Waals surface area contributed by atoms with Gasteiger partial charge in [0.15, 0.2) is 0 Å². The summed E-state index contributed by atoms with van der Waals surface area (Å²) in [7, 11) is 0. The highest BCUT2D eigenvalue weighted by molar-refractivity contribution is 7.08. The second-order valence-electron chi connectivity index (χ2n) is 5.66. The molecule has 0 atom stereocenters. The summed E-state index contributed by atoms with van der Waals surface area (Å²) in [4.78, 5) is 13.2. The van der Waals surface area contributed by atoms with Crippen LogP contribution in [0.2, 0.25) is 0 Å². The van der Waals surface area contributed by atoms with Gasteiger partial charge in [0.1, 0.15) is 10.6 Å². The van der Waals surface area contributed by atoms with Gasteiger partial charge in [-0.15, -0.1) is 5.10 Å². The van der Waals surface area contributed by atoms with Gasteiger partial charge in [0, 0.05) is 11.6 Å². The molecule has 0 bridgehead atoms. The first kappa shape index (κ1) is 14.1. The van der Waals surface area contributed by atoms with Crippen LogP contribution in [0.3, 0.4) is 0 Å². The molecule has 5 heteroatoms. The number of nitrogens with one attached hydrogen (secondary N) is 1. The highest BCUT2D eigenvalue weighted by Crippen LogP contribution is 2.25. The van der Waals surface area contributed by atoms with E-state index in [2.05, 4.69) is 27.0 Å². The first-order valence-corrected chi connectivity index (χ1v) is 8.34. The van der Waals surface area contributed by atoms with E-state index in [1.807, 2.05) is 42.5 Å². The molecule has 2 aromatic carbocycles. The third-order valence-corrected chi connectivity index (χ3v) is 4.85. The van der Waals surface area contributed by atoms with Crippen molar-refractivity contribution in [2.45, 2.75) is 18.9 Å². The van der Waals surface area contributed by atoms with Crippen LogP contribution in [-0.4, -0.2) is 21.5 Å². The number of hydrogen-bond donors (Lipinski definition) is 1. The molecule has 0 saturated carbocycles. The van der Waals surface area contributed by atoms with Crippen molar-refractivity contribution in [3.05, 3.63) is 70.6 Å². The van der Waals surface area contributed by atoms with Gasteiger partial charge in [-0.05, 0) is 35.5 Å². The summed E-state index contributed by atoms with van der Waals surface area (Å²) in [5, 5.41) is 7.26. The smallest absolute Gasteiger partial charge is 0.265 e. The lowest BCUT2D eigenvalue weighted by Gasteiger charge is -2.11. The molecule has 1 aliphatic carbocycles. The summed E-state index contributed by atoms with van der Waals surface area (Å²) < 4.78 is 3.96. The molecule has 0 unspecified atom stereocenters. The number of carbonyl (C=O) groups is 1. The van der Waals surface area contributed by atoms with E-state index in [1.165, 1.54) is 11.1 Å². The van der Waals surface area contributed by atoms with Crippen molar-refractivity contribution in [1.29, 1.82) is 0 Å². The maximum atomic E-state index is 12.6. The Labute approximate surface area is 138 Å². The van der Waals surface area contributed by atoms with Crippen molar-refractivity contribution in [2.75, 3.05) is 0 Å². The fourth-order valence-electron chi connectivity index (χ4n) is 3.04. The molecule has 0 fully saturated rings. The SMILES string of the molecule is O=C(NC1Cc2ccccc2C1)c1snnc1-c1ccccc1. The van der Waals surface area contributed by atoms with E-state index >= 15 is 0 Å². The van der Waals surface area contributed by atoms with Crippen LogP contribution < -0.4 is 5.32 Å². The third kappa shape index (κ3) is 2.75. The monoisotopic (exact) mass is 321 g/mol. The van der Waals surface area contributed by atoms with Crippen molar-refractivity contribution in [2.24, 2.45) is 0 Å². The Morgan fingerprint density at radius 3 is 2.35 bits per heavy atom. The standard InChI is InChI=1S/C18H15N3OS/c22-18(19-15-10-13-8-4-5-9-14(13)11-15)17-16(20-21-23-17)12-6-2-1-3-7-12/h1-9,15H,10-11H2,(H,19,22). The van der Waals surface area contributed by atoms with Gasteiger partial charge in [0.2, 0.25) is 0 Å². The average Bonchev–Trinajstić information content (AvgIpc) is 3.22. The van der Waals surface area contributed by atoms with Crippen LogP contribution in [0.25, 0.3) is 11.3 Å². The minimum Gasteiger partial charge on any atom is -0.348 e. The lowest BCUT2D eigenvalue weighted by atomic mass is 10.1. The molecule has 4 nitrogen and oxygen atoms in total. The van der Waals surface area contributed by atoms with Gasteiger partial charge < -0.3 is 5.32 Å². The minimum absolute atomic E-state index is 0.0864. The van der Waals surface area contributed by atoms with E-state index in [0.717, 1.165) is 29.9 Å². The minimum atomic E-state index is -0.0864. The number of aromatic nitrogens is 2. The number of benzene rings is 2. The summed E-state index contributed by atoms with van der Waals surface area (Å²) in [5.41, 5.74) is 4.22. The maximum Gasteiger partial charge on any atom is 0.265 e. The van der Waals surface area contributed by atoms with Gasteiger partial charge in [-0.3, -0.25) is 4.79 Å². The van der Waals surface area contributed by atoms with E-state index in [-0.39, 0.29) is 11.9 Å². The highest BCUT2D eigenvalue weighted by atomic mass is 32.1. The molecular weight excluding hydrogens is 306 g/mol. The van der Waals surface area contributed by atoms with Crippen LogP contribution in [0.1, 0.15) is 20.8 Å². The van der Waals surface area contributed by atoms with Gasteiger partial charge in [0.05, 0.1) is 0 Å². The Morgan fingerprint density at radius 1 is 1.00 bits per heavy atom. The Bertz CT molecular complexity index is 819. The molecular formula is C18H15N3OS. The van der Waals surface area contributed by atoms with Crippen LogP contribution >= 0.6 is 11.5 Å². The summed E-state index contributed by atoms with van der Waals surface area (Å²) in [6.45, 7) is 0. The van der Waals surface area contributed by atoms with Crippen molar-refractivity contribution in [3.8, 4) is 11.3 Å². The summed E-state index contributed by atoms with van der Waals surface area (Å²) in [6.07, 6.45) is 1.77. The predicted molar refractivity (Wildman–Crippen MR) is 90.4 cm³/mol. The molecule has 1 aromatic heterocycles. The quantitative estimate of drug-likeness (QED) is 0.806. The summed E-state index contributed by atoms with van der Waals surface area (Å²) >= 11 is 1.15. The molecule has 0 aliphatic heterocycles. The van der Waals surface area contributed by atoms with Gasteiger partial charge in [-0.25, -0.2) is 0 Å². The zero-order chi connectivity index (χ0) is 15.6. The first-order chi connectivity index (χ1) is 11.3. The first-order valence-electron chi connectivity index (χ1n) is 7.56. The van der Waals surface area contributed by atoms with Gasteiger partial charge >= 0.3 is 0 Å². The van der Waals surface area contributed by atoms with Gasteiger partial charge in [0.25, 0.3) is 5.91 Å². The largest absolute Gasteiger partial charge is 0.348 e. The number of rotatable bonds is 3. The van der Waals surface area contributed by atoms with E-state index < -0.39 is 0 Å². The van der Waals surface area contributed by atoms with Crippen LogP contribution in [0, 0.1) is 0 Å². The van der Waals surface area contributed by atoms with E-state index in [0.29, 0.717) is 10.6 Å². The molecule has 1 amide bonds. The average molecular weight is 321 g/mol. The van der Waals surface area contributed by atoms with Crippen molar-refractivity contribution >= 4 is 17.4 Å². The summed E-state index contributed by atoms with van der Waals surface area (Å²) in [5.74, 6) is -0.0864. The Hall–Kier alpha value is -2.53. The molecule has 0 radical (unpaired) electrons.